The molecule has 25 heavy (non-hydrogen) atoms. The van der Waals surface area contributed by atoms with Gasteiger partial charge in [-0.25, -0.2) is 4.39 Å². The summed E-state index contributed by atoms with van der Waals surface area (Å²) in [4.78, 5) is 24.2. The zero-order chi connectivity index (χ0) is 18.2. The summed E-state index contributed by atoms with van der Waals surface area (Å²) in [5, 5.41) is 15.4. The number of benzene rings is 2. The van der Waals surface area contributed by atoms with Gasteiger partial charge in [0.1, 0.15) is 5.82 Å². The first-order chi connectivity index (χ1) is 12.0. The quantitative estimate of drug-likeness (QED) is 0.722. The standard InChI is InChI=1S/C19H21FN2O3/c1-2-10-21-18(24)14-4-3-5-15(11-14)19(25)22-12-17(23)13-6-8-16(20)9-7-13/h3-9,11,17,23H,2,10,12H2,1H3,(H,21,24)(H,22,25). The second kappa shape index (κ2) is 8.94. The summed E-state index contributed by atoms with van der Waals surface area (Å²) < 4.78 is 12.9. The third-order valence-electron chi connectivity index (χ3n) is 3.63. The van der Waals surface area contributed by atoms with Gasteiger partial charge in [-0.15, -0.1) is 0 Å². The molecule has 0 heterocycles. The van der Waals surface area contributed by atoms with Gasteiger partial charge in [0.2, 0.25) is 0 Å². The molecule has 3 N–H and O–H groups in total. The summed E-state index contributed by atoms with van der Waals surface area (Å²) in [7, 11) is 0. The maximum absolute atomic E-state index is 12.9. The first-order valence-electron chi connectivity index (χ1n) is 8.11. The number of carbonyl (C=O) groups excluding carboxylic acids is 2. The van der Waals surface area contributed by atoms with Crippen LogP contribution >= 0.6 is 0 Å². The minimum absolute atomic E-state index is 0.0171. The first kappa shape index (κ1) is 18.6. The van der Waals surface area contributed by atoms with E-state index in [1.807, 2.05) is 6.92 Å². The molecule has 5 nitrogen and oxygen atoms in total. The number of hydrogen-bond acceptors (Lipinski definition) is 3. The fourth-order valence-electron chi connectivity index (χ4n) is 2.24. The largest absolute Gasteiger partial charge is 0.387 e. The Balaban J connectivity index is 1.96. The summed E-state index contributed by atoms with van der Waals surface area (Å²) >= 11 is 0. The molecular weight excluding hydrogens is 323 g/mol. The molecule has 2 aromatic rings. The average molecular weight is 344 g/mol. The number of rotatable bonds is 7. The Hall–Kier alpha value is -2.73. The van der Waals surface area contributed by atoms with Crippen LogP contribution in [0.4, 0.5) is 4.39 Å². The zero-order valence-corrected chi connectivity index (χ0v) is 14.0. The normalized spacial score (nSPS) is 11.6. The van der Waals surface area contributed by atoms with E-state index >= 15 is 0 Å². The van der Waals surface area contributed by atoms with Crippen molar-refractivity contribution in [2.75, 3.05) is 13.1 Å². The number of aliphatic hydroxyl groups is 1. The van der Waals surface area contributed by atoms with E-state index in [4.69, 9.17) is 0 Å². The van der Waals surface area contributed by atoms with Crippen LogP contribution in [0.5, 0.6) is 0 Å². The zero-order valence-electron chi connectivity index (χ0n) is 14.0. The second-order valence-corrected chi connectivity index (χ2v) is 5.61. The maximum atomic E-state index is 12.9. The lowest BCUT2D eigenvalue weighted by Gasteiger charge is -2.12. The summed E-state index contributed by atoms with van der Waals surface area (Å²) in [6.45, 7) is 2.51. The third-order valence-corrected chi connectivity index (χ3v) is 3.63. The van der Waals surface area contributed by atoms with Gasteiger partial charge in [-0.2, -0.15) is 0 Å². The summed E-state index contributed by atoms with van der Waals surface area (Å²) in [5.74, 6) is -1.02. The van der Waals surface area contributed by atoms with Crippen LogP contribution in [-0.4, -0.2) is 30.0 Å². The Bertz CT molecular complexity index is 732. The number of hydrogen-bond donors (Lipinski definition) is 3. The van der Waals surface area contributed by atoms with E-state index in [2.05, 4.69) is 10.6 Å². The molecule has 0 spiro atoms. The van der Waals surface area contributed by atoms with Crippen LogP contribution in [0.25, 0.3) is 0 Å². The van der Waals surface area contributed by atoms with Gasteiger partial charge in [-0.1, -0.05) is 25.1 Å². The SMILES string of the molecule is CCCNC(=O)c1cccc(C(=O)NCC(O)c2ccc(F)cc2)c1. The molecule has 0 saturated carbocycles. The molecule has 1 unspecified atom stereocenters. The molecule has 132 valence electrons. The van der Waals surface area contributed by atoms with Gasteiger partial charge in [0, 0.05) is 24.2 Å². The van der Waals surface area contributed by atoms with Crippen molar-refractivity contribution in [3.63, 3.8) is 0 Å². The van der Waals surface area contributed by atoms with Crippen LogP contribution in [0.3, 0.4) is 0 Å². The van der Waals surface area contributed by atoms with Crippen molar-refractivity contribution in [1.82, 2.24) is 10.6 Å². The monoisotopic (exact) mass is 344 g/mol. The Labute approximate surface area is 145 Å². The summed E-state index contributed by atoms with van der Waals surface area (Å²) in [6.07, 6.45) is -0.117. The van der Waals surface area contributed by atoms with Crippen molar-refractivity contribution in [3.8, 4) is 0 Å². The van der Waals surface area contributed by atoms with Crippen molar-refractivity contribution < 1.29 is 19.1 Å². The van der Waals surface area contributed by atoms with E-state index in [-0.39, 0.29) is 12.5 Å². The van der Waals surface area contributed by atoms with Crippen LogP contribution in [0.15, 0.2) is 48.5 Å². The molecule has 0 aliphatic heterocycles. The van der Waals surface area contributed by atoms with E-state index in [1.54, 1.807) is 18.2 Å². The highest BCUT2D eigenvalue weighted by Crippen LogP contribution is 2.13. The Kier molecular flexibility index (Phi) is 6.65. The van der Waals surface area contributed by atoms with E-state index in [0.717, 1.165) is 6.42 Å². The van der Waals surface area contributed by atoms with Gasteiger partial charge in [-0.3, -0.25) is 9.59 Å². The fourth-order valence-corrected chi connectivity index (χ4v) is 2.24. The van der Waals surface area contributed by atoms with Crippen molar-refractivity contribution in [2.45, 2.75) is 19.4 Å². The number of aliphatic hydroxyl groups excluding tert-OH is 1. The van der Waals surface area contributed by atoms with Crippen molar-refractivity contribution in [3.05, 3.63) is 71.0 Å². The lowest BCUT2D eigenvalue weighted by Crippen LogP contribution is -2.29. The lowest BCUT2D eigenvalue weighted by atomic mass is 10.1. The van der Waals surface area contributed by atoms with Gasteiger partial charge in [0.25, 0.3) is 11.8 Å². The molecule has 0 aliphatic carbocycles. The van der Waals surface area contributed by atoms with Gasteiger partial charge < -0.3 is 15.7 Å². The molecule has 1 atom stereocenters. The Morgan fingerprint density at radius 3 is 2.24 bits per heavy atom. The summed E-state index contributed by atoms with van der Waals surface area (Å²) in [5.41, 5.74) is 1.24. The minimum atomic E-state index is -0.944. The van der Waals surface area contributed by atoms with E-state index in [0.29, 0.717) is 23.2 Å². The predicted octanol–water partition coefficient (Wildman–Crippen LogP) is 2.43. The third kappa shape index (κ3) is 5.39. The lowest BCUT2D eigenvalue weighted by molar-refractivity contribution is 0.0916. The molecular formula is C19H21FN2O3. The maximum Gasteiger partial charge on any atom is 0.251 e. The highest BCUT2D eigenvalue weighted by Gasteiger charge is 2.13. The molecule has 2 amide bonds. The number of carbonyl (C=O) groups is 2. The molecule has 0 radical (unpaired) electrons. The highest BCUT2D eigenvalue weighted by atomic mass is 19.1. The van der Waals surface area contributed by atoms with Crippen LogP contribution in [0, 0.1) is 5.82 Å². The molecule has 0 saturated heterocycles. The van der Waals surface area contributed by atoms with Crippen molar-refractivity contribution in [2.24, 2.45) is 0 Å². The molecule has 6 heteroatoms. The molecule has 0 fully saturated rings. The average Bonchev–Trinajstić information content (AvgIpc) is 2.64. The van der Waals surface area contributed by atoms with Gasteiger partial charge in [-0.05, 0) is 42.3 Å². The fraction of sp³-hybridized carbons (Fsp3) is 0.263. The van der Waals surface area contributed by atoms with Crippen LogP contribution in [-0.2, 0) is 0 Å². The molecule has 2 rings (SSSR count). The number of amides is 2. The van der Waals surface area contributed by atoms with E-state index in [1.165, 1.54) is 30.3 Å². The highest BCUT2D eigenvalue weighted by molar-refractivity contribution is 5.99. The molecule has 0 aromatic heterocycles. The molecule has 0 bridgehead atoms. The molecule has 0 aliphatic rings. The van der Waals surface area contributed by atoms with Gasteiger partial charge in [0.05, 0.1) is 6.10 Å². The van der Waals surface area contributed by atoms with Crippen molar-refractivity contribution >= 4 is 11.8 Å². The van der Waals surface area contributed by atoms with Crippen LogP contribution in [0.2, 0.25) is 0 Å². The predicted molar refractivity (Wildman–Crippen MR) is 92.8 cm³/mol. The Morgan fingerprint density at radius 2 is 1.64 bits per heavy atom. The minimum Gasteiger partial charge on any atom is -0.387 e. The van der Waals surface area contributed by atoms with Gasteiger partial charge in [0.15, 0.2) is 0 Å². The Morgan fingerprint density at radius 1 is 1.04 bits per heavy atom. The smallest absolute Gasteiger partial charge is 0.251 e. The number of halogens is 1. The number of nitrogens with one attached hydrogen (secondary N) is 2. The van der Waals surface area contributed by atoms with E-state index < -0.39 is 17.8 Å². The van der Waals surface area contributed by atoms with Crippen molar-refractivity contribution in [1.29, 1.82) is 0 Å². The van der Waals surface area contributed by atoms with Crippen LogP contribution < -0.4 is 10.6 Å². The topological polar surface area (TPSA) is 78.4 Å². The first-order valence-corrected chi connectivity index (χ1v) is 8.11. The second-order valence-electron chi connectivity index (χ2n) is 5.61. The van der Waals surface area contributed by atoms with Crippen LogP contribution in [0.1, 0.15) is 45.7 Å². The van der Waals surface area contributed by atoms with E-state index in [9.17, 15) is 19.1 Å². The molecule has 2 aromatic carbocycles. The van der Waals surface area contributed by atoms with Gasteiger partial charge >= 0.3 is 0 Å². The summed E-state index contributed by atoms with van der Waals surface area (Å²) in [6, 6.07) is 11.8.